The number of carbonyl (C=O) groups is 1. The van der Waals surface area contributed by atoms with Gasteiger partial charge in [0, 0.05) is 11.6 Å². The molecule has 0 unspecified atom stereocenters. The maximum atomic E-state index is 13.0. The number of halogens is 3. The van der Waals surface area contributed by atoms with Crippen molar-refractivity contribution in [2.24, 2.45) is 0 Å². The lowest BCUT2D eigenvalue weighted by atomic mass is 9.62. The van der Waals surface area contributed by atoms with Crippen LogP contribution in [0.25, 0.3) is 5.78 Å². The second-order valence-corrected chi connectivity index (χ2v) is 9.48. The molecule has 2 bridgehead atoms. The van der Waals surface area contributed by atoms with E-state index in [0.29, 0.717) is 23.2 Å². The largest absolute Gasteiger partial charge is 0.473 e. The van der Waals surface area contributed by atoms with Gasteiger partial charge in [0.1, 0.15) is 22.2 Å². The molecule has 2 aliphatic heterocycles. The van der Waals surface area contributed by atoms with E-state index in [-0.39, 0.29) is 34.4 Å². The second kappa shape index (κ2) is 7.59. The minimum absolute atomic E-state index is 0.141. The molecule has 3 aliphatic rings. The first-order valence-electron chi connectivity index (χ1n) is 10.6. The maximum absolute atomic E-state index is 13.0. The third-order valence-corrected chi connectivity index (χ3v) is 6.33. The number of nitrogens with zero attached hydrogens (tertiary/aromatic N) is 4. The van der Waals surface area contributed by atoms with Crippen LogP contribution >= 0.6 is 11.6 Å². The van der Waals surface area contributed by atoms with Gasteiger partial charge in [-0.05, 0) is 45.7 Å². The van der Waals surface area contributed by atoms with Gasteiger partial charge in [-0.2, -0.15) is 4.98 Å². The highest BCUT2D eigenvalue weighted by molar-refractivity contribution is 6.30. The summed E-state index contributed by atoms with van der Waals surface area (Å²) in [6, 6.07) is 3.86. The Balaban J connectivity index is 1.52. The lowest BCUT2D eigenvalue weighted by molar-refractivity contribution is 0.0154. The van der Waals surface area contributed by atoms with Gasteiger partial charge in [0.2, 0.25) is 11.7 Å². The van der Waals surface area contributed by atoms with E-state index in [9.17, 15) is 13.6 Å². The highest BCUT2D eigenvalue weighted by Crippen LogP contribution is 2.59. The van der Waals surface area contributed by atoms with Crippen LogP contribution in [0.1, 0.15) is 61.9 Å². The summed E-state index contributed by atoms with van der Waals surface area (Å²) in [6.45, 7) is 6.25. The van der Waals surface area contributed by atoms with Crippen LogP contribution in [0, 0.1) is 0 Å². The first-order valence-corrected chi connectivity index (χ1v) is 10.9. The van der Waals surface area contributed by atoms with Gasteiger partial charge >= 0.3 is 0 Å². The molecule has 1 aliphatic carbocycles. The van der Waals surface area contributed by atoms with Crippen LogP contribution in [0.5, 0.6) is 5.88 Å². The molecule has 33 heavy (non-hydrogen) atoms. The number of amides is 1. The highest BCUT2D eigenvalue weighted by Gasteiger charge is 2.62. The smallest absolute Gasteiger partial charge is 0.280 e. The summed E-state index contributed by atoms with van der Waals surface area (Å²) in [5, 5.41) is 3.04. The van der Waals surface area contributed by atoms with Crippen LogP contribution in [0.4, 0.5) is 14.5 Å². The molecule has 2 saturated heterocycles. The molecule has 1 amide bonds. The molecule has 6 rings (SSSR count). The Morgan fingerprint density at radius 1 is 1.27 bits per heavy atom. The Kier molecular flexibility index (Phi) is 5.06. The molecule has 11 heteroatoms. The Bertz CT molecular complexity index is 1260. The fourth-order valence-corrected chi connectivity index (χ4v) is 5.05. The maximum Gasteiger partial charge on any atom is 0.280 e. The van der Waals surface area contributed by atoms with E-state index in [1.54, 1.807) is 10.6 Å². The summed E-state index contributed by atoms with van der Waals surface area (Å²) in [7, 11) is 0. The fraction of sp³-hybridized carbons (Fsp3) is 0.455. The van der Waals surface area contributed by atoms with Crippen LogP contribution in [0.3, 0.4) is 0 Å². The summed E-state index contributed by atoms with van der Waals surface area (Å²) in [5.41, 5.74) is -0.106. The molecule has 3 aromatic rings. The first-order chi connectivity index (χ1) is 15.6. The number of aromatic nitrogens is 4. The van der Waals surface area contributed by atoms with Crippen LogP contribution in [0.15, 0.2) is 24.4 Å². The van der Waals surface area contributed by atoms with Crippen molar-refractivity contribution in [3.63, 3.8) is 0 Å². The minimum atomic E-state index is -2.79. The van der Waals surface area contributed by atoms with Crippen molar-refractivity contribution in [1.82, 2.24) is 19.4 Å². The third kappa shape index (κ3) is 3.71. The zero-order valence-corrected chi connectivity index (χ0v) is 19.0. The standard InChI is InChI=1S/C22H22ClF2N5O3/c1-11(2)33-19-14(27-18(31)13-6-4-5-12(26-13)17(24)25)7-30-16(23)15(28-20(30)29-19)22-8-21(3,9-22)32-10-22/h4-7,11,17H,8-10H2,1-3H3,(H,27,31). The highest BCUT2D eigenvalue weighted by atomic mass is 35.5. The predicted octanol–water partition coefficient (Wildman–Crippen LogP) is 4.58. The monoisotopic (exact) mass is 477 g/mol. The van der Waals surface area contributed by atoms with Gasteiger partial charge < -0.3 is 14.8 Å². The summed E-state index contributed by atoms with van der Waals surface area (Å²) in [4.78, 5) is 25.7. The summed E-state index contributed by atoms with van der Waals surface area (Å²) < 4.78 is 39.2. The number of pyridine rings is 1. The number of hydrogen-bond acceptors (Lipinski definition) is 6. The molecule has 8 nitrogen and oxygen atoms in total. The van der Waals surface area contributed by atoms with Crippen molar-refractivity contribution in [2.45, 2.75) is 57.2 Å². The molecule has 0 radical (unpaired) electrons. The number of imidazole rings is 1. The van der Waals surface area contributed by atoms with Crippen LogP contribution in [-0.2, 0) is 10.2 Å². The topological polar surface area (TPSA) is 90.6 Å². The van der Waals surface area contributed by atoms with Crippen molar-refractivity contribution < 1.29 is 23.0 Å². The zero-order valence-electron chi connectivity index (χ0n) is 18.2. The summed E-state index contributed by atoms with van der Waals surface area (Å²) in [6.07, 6.45) is 0.197. The Labute approximate surface area is 193 Å². The number of nitrogens with one attached hydrogen (secondary N) is 1. The lowest BCUT2D eigenvalue weighted by Gasteiger charge is -2.41. The van der Waals surface area contributed by atoms with Crippen molar-refractivity contribution in [1.29, 1.82) is 0 Å². The molecular formula is C22H22ClF2N5O3. The third-order valence-electron chi connectivity index (χ3n) is 5.97. The quantitative estimate of drug-likeness (QED) is 0.559. The van der Waals surface area contributed by atoms with E-state index >= 15 is 0 Å². The van der Waals surface area contributed by atoms with Gasteiger partial charge in [-0.25, -0.2) is 18.7 Å². The summed E-state index contributed by atoms with van der Waals surface area (Å²) >= 11 is 6.69. The van der Waals surface area contributed by atoms with Crippen LogP contribution < -0.4 is 10.1 Å². The number of carbonyl (C=O) groups excluding carboxylic acids is 1. The van der Waals surface area contributed by atoms with Gasteiger partial charge in [-0.15, -0.1) is 0 Å². The van der Waals surface area contributed by atoms with Gasteiger partial charge in [0.15, 0.2) is 0 Å². The van der Waals surface area contributed by atoms with Crippen molar-refractivity contribution in [3.05, 3.63) is 46.6 Å². The number of rotatable bonds is 6. The fourth-order valence-electron chi connectivity index (χ4n) is 4.68. The van der Waals surface area contributed by atoms with Gasteiger partial charge in [-0.3, -0.25) is 9.20 Å². The zero-order chi connectivity index (χ0) is 23.5. The van der Waals surface area contributed by atoms with Crippen molar-refractivity contribution in [3.8, 4) is 5.88 Å². The van der Waals surface area contributed by atoms with E-state index in [0.717, 1.165) is 18.9 Å². The van der Waals surface area contributed by atoms with E-state index < -0.39 is 18.0 Å². The second-order valence-electron chi connectivity index (χ2n) is 9.12. The molecule has 0 spiro atoms. The molecule has 0 atom stereocenters. The number of ether oxygens (including phenoxy) is 2. The molecule has 3 fully saturated rings. The normalized spacial score (nSPS) is 23.9. The van der Waals surface area contributed by atoms with Crippen molar-refractivity contribution >= 4 is 29.0 Å². The minimum Gasteiger partial charge on any atom is -0.473 e. The lowest BCUT2D eigenvalue weighted by Crippen LogP contribution is -2.45. The Hall–Kier alpha value is -2.85. The Morgan fingerprint density at radius 2 is 2.03 bits per heavy atom. The molecular weight excluding hydrogens is 456 g/mol. The molecule has 174 valence electrons. The van der Waals surface area contributed by atoms with Gasteiger partial charge in [-0.1, -0.05) is 17.7 Å². The van der Waals surface area contributed by atoms with E-state index in [4.69, 9.17) is 21.1 Å². The van der Waals surface area contributed by atoms with E-state index in [2.05, 4.69) is 27.2 Å². The van der Waals surface area contributed by atoms with E-state index in [1.807, 2.05) is 13.8 Å². The van der Waals surface area contributed by atoms with E-state index in [1.165, 1.54) is 12.1 Å². The number of hydrogen-bond donors (Lipinski definition) is 1. The predicted molar refractivity (Wildman–Crippen MR) is 116 cm³/mol. The molecule has 1 N–H and O–H groups in total. The Morgan fingerprint density at radius 3 is 2.67 bits per heavy atom. The van der Waals surface area contributed by atoms with Crippen LogP contribution in [-0.4, -0.2) is 43.6 Å². The van der Waals surface area contributed by atoms with Gasteiger partial charge in [0.25, 0.3) is 12.3 Å². The summed E-state index contributed by atoms with van der Waals surface area (Å²) in [5.74, 6) is -0.208. The number of fused-ring (bicyclic) bond motifs is 2. The number of anilines is 1. The molecule has 1 saturated carbocycles. The molecule has 0 aromatic carbocycles. The van der Waals surface area contributed by atoms with Crippen molar-refractivity contribution in [2.75, 3.05) is 11.9 Å². The van der Waals surface area contributed by atoms with Crippen LogP contribution in [0.2, 0.25) is 5.15 Å². The SMILES string of the molecule is CC(C)Oc1nc2nc(C34COC(C)(C3)C4)c(Cl)n2cc1NC(=O)c1cccc(C(F)F)n1. The van der Waals surface area contributed by atoms with Gasteiger partial charge in [0.05, 0.1) is 24.0 Å². The molecule has 3 aromatic heterocycles. The molecule has 5 heterocycles. The first kappa shape index (κ1) is 22.0. The number of alkyl halides is 2. The average Bonchev–Trinajstić information content (AvgIpc) is 3.37. The average molecular weight is 478 g/mol.